The molecule has 9 N–H and O–H groups in total. The van der Waals surface area contributed by atoms with E-state index >= 15 is 0 Å². The van der Waals surface area contributed by atoms with Crippen LogP contribution in [0.25, 0.3) is 0 Å². The molecule has 0 aromatic carbocycles. The average Bonchev–Trinajstić information content (AvgIpc) is 3.69. The first-order valence-electron chi connectivity index (χ1n) is 35.7. The summed E-state index contributed by atoms with van der Waals surface area (Å²) >= 11 is 0. The Labute approximate surface area is 519 Å². The number of amides is 1. The molecule has 14 heteroatoms. The van der Waals surface area contributed by atoms with Crippen LogP contribution < -0.4 is 5.32 Å². The quantitative estimate of drug-likeness (QED) is 0.0204. The molecule has 14 nitrogen and oxygen atoms in total. The highest BCUT2D eigenvalue weighted by Gasteiger charge is 2.51. The molecule has 0 aromatic heterocycles. The van der Waals surface area contributed by atoms with E-state index in [2.05, 4.69) is 43.5 Å². The summed E-state index contributed by atoms with van der Waals surface area (Å²) in [5.74, 6) is -0.244. The van der Waals surface area contributed by atoms with E-state index < -0.39 is 86.8 Å². The molecule has 12 unspecified atom stereocenters. The summed E-state index contributed by atoms with van der Waals surface area (Å²) in [7, 11) is 0. The minimum absolute atomic E-state index is 0.244. The fraction of sp³-hybridized carbons (Fsp3) is 0.901. The Morgan fingerprint density at radius 3 is 1.19 bits per heavy atom. The summed E-state index contributed by atoms with van der Waals surface area (Å²) in [5.41, 5.74) is 0. The van der Waals surface area contributed by atoms with E-state index in [4.69, 9.17) is 18.9 Å². The number of hydrogen-bond acceptors (Lipinski definition) is 13. The average molecular weight is 1210 g/mol. The van der Waals surface area contributed by atoms with Crippen molar-refractivity contribution in [3.05, 3.63) is 36.5 Å². The Bertz CT molecular complexity index is 1560. The highest BCUT2D eigenvalue weighted by molar-refractivity contribution is 5.76. The van der Waals surface area contributed by atoms with E-state index in [0.29, 0.717) is 6.42 Å². The van der Waals surface area contributed by atoms with Crippen LogP contribution in [0.15, 0.2) is 36.5 Å². The summed E-state index contributed by atoms with van der Waals surface area (Å²) in [6.07, 6.45) is 55.0. The van der Waals surface area contributed by atoms with Crippen molar-refractivity contribution in [1.82, 2.24) is 5.32 Å². The third-order valence-corrected chi connectivity index (χ3v) is 17.6. The molecule has 0 aromatic rings. The van der Waals surface area contributed by atoms with Crippen LogP contribution >= 0.6 is 0 Å². The third-order valence-electron chi connectivity index (χ3n) is 17.6. The van der Waals surface area contributed by atoms with Crippen molar-refractivity contribution in [2.45, 2.75) is 389 Å². The topological polar surface area (TPSA) is 228 Å². The first kappa shape index (κ1) is 79.3. The molecule has 2 heterocycles. The first-order valence-corrected chi connectivity index (χ1v) is 35.7. The zero-order valence-corrected chi connectivity index (χ0v) is 54.4. The van der Waals surface area contributed by atoms with Crippen molar-refractivity contribution in [3.63, 3.8) is 0 Å². The lowest BCUT2D eigenvalue weighted by Gasteiger charge is -2.46. The molecule has 2 aliphatic heterocycles. The number of carbonyl (C=O) groups is 1. The SMILES string of the molecule is CCCCCC/C=C\C/C=C\CCCCCCCCCC(=O)NC(COC1OC(CO)C(OC2OC(CO)C(O)C(O)C2O)C(O)C1O)C(O)/C=C/CCCCCCCCCCCCCCCCCCCCCCCCCCCCCCCCC. The van der Waals surface area contributed by atoms with E-state index in [1.54, 1.807) is 6.08 Å². The Morgan fingerprint density at radius 2 is 0.776 bits per heavy atom. The number of rotatable bonds is 59. The summed E-state index contributed by atoms with van der Waals surface area (Å²) in [4.78, 5) is 13.3. The lowest BCUT2D eigenvalue weighted by atomic mass is 9.97. The van der Waals surface area contributed by atoms with Gasteiger partial charge in [0.05, 0.1) is 32.0 Å². The molecule has 0 saturated carbocycles. The van der Waals surface area contributed by atoms with Crippen LogP contribution in [0.4, 0.5) is 0 Å². The standard InChI is InChI=1S/C71H133NO13/c1-3-5-7-9-11-13-15-17-19-21-23-24-25-26-27-28-29-30-31-32-33-34-35-36-37-38-40-42-44-46-48-50-52-54-60(75)59(72-63(76)55-53-51-49-47-45-43-41-39-22-20-18-16-14-12-10-8-6-4-2)58-82-70-68(81)66(79)69(62(57-74)84-70)85-71-67(80)65(78)64(77)61(56-73)83-71/h14,16,20,22,52,54,59-62,64-71,73-75,77-81H,3-13,15,17-19,21,23-51,53,55-58H2,1-2H3,(H,72,76)/b16-14-,22-20-,54-52+. The highest BCUT2D eigenvalue weighted by Crippen LogP contribution is 2.30. The van der Waals surface area contributed by atoms with Gasteiger partial charge in [-0.05, 0) is 51.4 Å². The van der Waals surface area contributed by atoms with Gasteiger partial charge in [-0.2, -0.15) is 0 Å². The molecular formula is C71H133NO13. The molecule has 1 amide bonds. The van der Waals surface area contributed by atoms with Crippen LogP contribution in [-0.2, 0) is 23.7 Å². The van der Waals surface area contributed by atoms with Gasteiger partial charge < -0.3 is 65.1 Å². The number of allylic oxidation sites excluding steroid dienone is 5. The van der Waals surface area contributed by atoms with Crippen LogP contribution in [0.5, 0.6) is 0 Å². The first-order chi connectivity index (χ1) is 41.6. The molecule has 0 bridgehead atoms. The van der Waals surface area contributed by atoms with Crippen molar-refractivity contribution in [2.75, 3.05) is 19.8 Å². The van der Waals surface area contributed by atoms with Gasteiger partial charge in [-0.15, -0.1) is 0 Å². The van der Waals surface area contributed by atoms with Gasteiger partial charge in [-0.1, -0.05) is 294 Å². The van der Waals surface area contributed by atoms with Crippen molar-refractivity contribution < 1.29 is 64.6 Å². The van der Waals surface area contributed by atoms with Crippen LogP contribution in [0.3, 0.4) is 0 Å². The van der Waals surface area contributed by atoms with Crippen molar-refractivity contribution >= 4 is 5.91 Å². The predicted octanol–water partition coefficient (Wildman–Crippen LogP) is 14.5. The smallest absolute Gasteiger partial charge is 0.220 e. The van der Waals surface area contributed by atoms with Gasteiger partial charge in [0.25, 0.3) is 0 Å². The number of carbonyl (C=O) groups excluding carboxylic acids is 1. The molecule has 85 heavy (non-hydrogen) atoms. The molecule has 2 saturated heterocycles. The fourth-order valence-electron chi connectivity index (χ4n) is 11.9. The van der Waals surface area contributed by atoms with E-state index in [0.717, 1.165) is 57.8 Å². The molecule has 2 aliphatic rings. The predicted molar refractivity (Wildman–Crippen MR) is 346 cm³/mol. The monoisotopic (exact) mass is 1210 g/mol. The second-order valence-corrected chi connectivity index (χ2v) is 25.4. The molecular weight excluding hydrogens is 1070 g/mol. The maximum Gasteiger partial charge on any atom is 0.220 e. The van der Waals surface area contributed by atoms with Crippen molar-refractivity contribution in [2.24, 2.45) is 0 Å². The molecule has 0 radical (unpaired) electrons. The van der Waals surface area contributed by atoms with Gasteiger partial charge in [-0.3, -0.25) is 4.79 Å². The summed E-state index contributed by atoms with van der Waals surface area (Å²) < 4.78 is 22.8. The summed E-state index contributed by atoms with van der Waals surface area (Å²) in [6.45, 7) is 2.82. The van der Waals surface area contributed by atoms with E-state index in [9.17, 15) is 45.6 Å². The second kappa shape index (κ2) is 56.2. The minimum Gasteiger partial charge on any atom is -0.394 e. The number of aliphatic hydroxyl groups is 8. The lowest BCUT2D eigenvalue weighted by Crippen LogP contribution is -2.65. The number of ether oxygens (including phenoxy) is 4. The third kappa shape index (κ3) is 40.5. The van der Waals surface area contributed by atoms with Crippen LogP contribution in [0.1, 0.15) is 316 Å². The molecule has 2 rings (SSSR count). The molecule has 0 aliphatic carbocycles. The molecule has 12 atom stereocenters. The number of nitrogens with one attached hydrogen (secondary N) is 1. The van der Waals surface area contributed by atoms with Gasteiger partial charge >= 0.3 is 0 Å². The molecule has 2 fully saturated rings. The van der Waals surface area contributed by atoms with E-state index in [1.165, 1.54) is 231 Å². The van der Waals surface area contributed by atoms with Gasteiger partial charge in [0.2, 0.25) is 5.91 Å². The van der Waals surface area contributed by atoms with E-state index in [1.807, 2.05) is 6.08 Å². The summed E-state index contributed by atoms with van der Waals surface area (Å²) in [5, 5.41) is 87.4. The Balaban J connectivity index is 1.64. The molecule has 500 valence electrons. The maximum atomic E-state index is 13.3. The Morgan fingerprint density at radius 1 is 0.424 bits per heavy atom. The van der Waals surface area contributed by atoms with Crippen molar-refractivity contribution in [3.8, 4) is 0 Å². The number of hydrogen-bond donors (Lipinski definition) is 9. The molecule has 0 spiro atoms. The Hall–Kier alpha value is -1.79. The number of unbranched alkanes of at least 4 members (excludes halogenated alkanes) is 42. The highest BCUT2D eigenvalue weighted by atomic mass is 16.7. The van der Waals surface area contributed by atoms with Gasteiger partial charge in [0, 0.05) is 6.42 Å². The lowest BCUT2D eigenvalue weighted by molar-refractivity contribution is -0.359. The normalized spacial score (nSPS) is 23.7. The minimum atomic E-state index is -1.79. The van der Waals surface area contributed by atoms with Gasteiger partial charge in [0.1, 0.15) is 48.8 Å². The van der Waals surface area contributed by atoms with Crippen LogP contribution in [0.2, 0.25) is 0 Å². The zero-order chi connectivity index (χ0) is 61.6. The van der Waals surface area contributed by atoms with Gasteiger partial charge in [-0.25, -0.2) is 0 Å². The largest absolute Gasteiger partial charge is 0.394 e. The maximum absolute atomic E-state index is 13.3. The van der Waals surface area contributed by atoms with Gasteiger partial charge in [0.15, 0.2) is 12.6 Å². The zero-order valence-electron chi connectivity index (χ0n) is 54.4. The Kier molecular flexibility index (Phi) is 52.4. The van der Waals surface area contributed by atoms with Crippen molar-refractivity contribution in [1.29, 1.82) is 0 Å². The second-order valence-electron chi connectivity index (χ2n) is 25.4. The number of aliphatic hydroxyl groups excluding tert-OH is 8. The van der Waals surface area contributed by atoms with Crippen LogP contribution in [0, 0.1) is 0 Å². The summed E-state index contributed by atoms with van der Waals surface area (Å²) in [6, 6.07) is -0.920. The van der Waals surface area contributed by atoms with Crippen LogP contribution in [-0.4, -0.2) is 140 Å². The fourth-order valence-corrected chi connectivity index (χ4v) is 11.9. The van der Waals surface area contributed by atoms with E-state index in [-0.39, 0.29) is 18.9 Å².